The van der Waals surface area contributed by atoms with Crippen LogP contribution in [0.3, 0.4) is 0 Å². The van der Waals surface area contributed by atoms with Crippen molar-refractivity contribution in [1.82, 2.24) is 16.2 Å². The molecular formula is C22H24N4O4S. The second-order valence-electron chi connectivity index (χ2n) is 7.37. The maximum Gasteiger partial charge on any atom is 0.269 e. The van der Waals surface area contributed by atoms with Gasteiger partial charge in [0.15, 0.2) is 5.11 Å². The van der Waals surface area contributed by atoms with Crippen molar-refractivity contribution in [2.75, 3.05) is 5.32 Å². The van der Waals surface area contributed by atoms with E-state index in [0.717, 1.165) is 12.8 Å². The molecule has 0 saturated heterocycles. The Morgan fingerprint density at radius 3 is 2.29 bits per heavy atom. The molecule has 1 aliphatic carbocycles. The molecule has 2 aromatic carbocycles. The molecule has 0 bridgehead atoms. The Morgan fingerprint density at radius 1 is 0.968 bits per heavy atom. The number of carbonyl (C=O) groups excluding carboxylic acids is 3. The van der Waals surface area contributed by atoms with Crippen LogP contribution in [-0.4, -0.2) is 28.9 Å². The number of carbonyl (C=O) groups is 3. The van der Waals surface area contributed by atoms with Crippen molar-refractivity contribution >= 4 is 40.7 Å². The fraction of sp³-hybridized carbons (Fsp3) is 0.273. The van der Waals surface area contributed by atoms with Crippen molar-refractivity contribution < 1.29 is 19.1 Å². The summed E-state index contributed by atoms with van der Waals surface area (Å²) in [5.74, 6) is -0.359. The minimum absolute atomic E-state index is 0.000302. The minimum Gasteiger partial charge on any atom is -0.490 e. The third kappa shape index (κ3) is 6.51. The standard InChI is InChI=1S/C22H24N4O4S/c1-13(2)30-18-6-4-3-5-17(18)21(29)24-22(31)26-25-20(28)15-9-11-16(12-10-15)23-19(27)14-7-8-14/h3-6,9-14H,7-8H2,1-2H3,(H,23,27)(H,25,28)(H2,24,26,29,31). The Hall–Kier alpha value is -3.46. The van der Waals surface area contributed by atoms with Gasteiger partial charge in [0.05, 0.1) is 11.7 Å². The van der Waals surface area contributed by atoms with Gasteiger partial charge in [0, 0.05) is 17.2 Å². The first-order valence-corrected chi connectivity index (χ1v) is 10.3. The largest absolute Gasteiger partial charge is 0.490 e. The first-order chi connectivity index (χ1) is 14.8. The van der Waals surface area contributed by atoms with Crippen LogP contribution in [0.5, 0.6) is 5.75 Å². The Morgan fingerprint density at radius 2 is 1.65 bits per heavy atom. The number of nitrogens with one attached hydrogen (secondary N) is 4. The lowest BCUT2D eigenvalue weighted by Crippen LogP contribution is -2.48. The molecule has 1 fully saturated rings. The molecule has 0 radical (unpaired) electrons. The van der Waals surface area contributed by atoms with Gasteiger partial charge in [-0.15, -0.1) is 0 Å². The van der Waals surface area contributed by atoms with Crippen LogP contribution in [0.4, 0.5) is 5.69 Å². The molecule has 2 aromatic rings. The van der Waals surface area contributed by atoms with Crippen molar-refractivity contribution in [3.05, 3.63) is 59.7 Å². The summed E-state index contributed by atoms with van der Waals surface area (Å²) >= 11 is 5.08. The van der Waals surface area contributed by atoms with Crippen LogP contribution in [0, 0.1) is 5.92 Å². The fourth-order valence-corrected chi connectivity index (χ4v) is 2.84. The molecule has 0 heterocycles. The highest BCUT2D eigenvalue weighted by atomic mass is 32.1. The van der Waals surface area contributed by atoms with E-state index in [2.05, 4.69) is 21.5 Å². The topological polar surface area (TPSA) is 109 Å². The quantitative estimate of drug-likeness (QED) is 0.406. The van der Waals surface area contributed by atoms with Crippen molar-refractivity contribution in [3.63, 3.8) is 0 Å². The number of anilines is 1. The van der Waals surface area contributed by atoms with Gasteiger partial charge < -0.3 is 10.1 Å². The first kappa shape index (κ1) is 22.2. The molecule has 1 saturated carbocycles. The summed E-state index contributed by atoms with van der Waals surface area (Å²) in [6.07, 6.45) is 1.75. The smallest absolute Gasteiger partial charge is 0.269 e. The van der Waals surface area contributed by atoms with Gasteiger partial charge in [-0.1, -0.05) is 12.1 Å². The van der Waals surface area contributed by atoms with Gasteiger partial charge in [0.2, 0.25) is 5.91 Å². The highest BCUT2D eigenvalue weighted by Crippen LogP contribution is 2.30. The molecule has 8 nitrogen and oxygen atoms in total. The Kier molecular flexibility index (Phi) is 7.19. The average molecular weight is 441 g/mol. The zero-order valence-electron chi connectivity index (χ0n) is 17.2. The van der Waals surface area contributed by atoms with E-state index in [0.29, 0.717) is 22.6 Å². The van der Waals surface area contributed by atoms with E-state index in [9.17, 15) is 14.4 Å². The first-order valence-electron chi connectivity index (χ1n) is 9.91. The van der Waals surface area contributed by atoms with E-state index in [-0.39, 0.29) is 23.0 Å². The Bertz CT molecular complexity index is 987. The number of ether oxygens (including phenoxy) is 1. The normalized spacial score (nSPS) is 12.6. The molecule has 9 heteroatoms. The second kappa shape index (κ2) is 10.0. The second-order valence-corrected chi connectivity index (χ2v) is 7.77. The van der Waals surface area contributed by atoms with Gasteiger partial charge in [0.25, 0.3) is 11.8 Å². The molecule has 3 rings (SSSR count). The van der Waals surface area contributed by atoms with Gasteiger partial charge in [-0.25, -0.2) is 0 Å². The van der Waals surface area contributed by atoms with Crippen molar-refractivity contribution in [1.29, 1.82) is 0 Å². The van der Waals surface area contributed by atoms with Crippen molar-refractivity contribution in [2.45, 2.75) is 32.8 Å². The molecule has 1 aliphatic rings. The van der Waals surface area contributed by atoms with E-state index in [4.69, 9.17) is 17.0 Å². The van der Waals surface area contributed by atoms with E-state index in [1.54, 1.807) is 48.5 Å². The lowest BCUT2D eigenvalue weighted by atomic mass is 10.2. The molecule has 0 aliphatic heterocycles. The van der Waals surface area contributed by atoms with Crippen LogP contribution in [0.15, 0.2) is 48.5 Å². The van der Waals surface area contributed by atoms with Gasteiger partial charge in [0.1, 0.15) is 5.75 Å². The number of thiocarbonyl (C=S) groups is 1. The van der Waals surface area contributed by atoms with Gasteiger partial charge in [-0.2, -0.15) is 0 Å². The lowest BCUT2D eigenvalue weighted by molar-refractivity contribution is -0.117. The third-order valence-corrected chi connectivity index (χ3v) is 4.58. The van der Waals surface area contributed by atoms with E-state index in [1.807, 2.05) is 13.8 Å². The van der Waals surface area contributed by atoms with Gasteiger partial charge in [-0.05, 0) is 75.3 Å². The molecule has 0 atom stereocenters. The molecule has 0 spiro atoms. The summed E-state index contributed by atoms with van der Waals surface area (Å²) in [5, 5.41) is 5.25. The predicted molar refractivity (Wildman–Crippen MR) is 121 cm³/mol. The molecular weight excluding hydrogens is 416 g/mol. The monoisotopic (exact) mass is 440 g/mol. The summed E-state index contributed by atoms with van der Waals surface area (Å²) < 4.78 is 5.63. The van der Waals surface area contributed by atoms with Crippen LogP contribution in [-0.2, 0) is 4.79 Å². The van der Waals surface area contributed by atoms with Gasteiger partial charge in [-0.3, -0.25) is 30.6 Å². The number of para-hydroxylation sites is 1. The van der Waals surface area contributed by atoms with Crippen LogP contribution in [0.2, 0.25) is 0 Å². The number of amides is 3. The molecule has 4 N–H and O–H groups in total. The molecule has 3 amide bonds. The SMILES string of the molecule is CC(C)Oc1ccccc1C(=O)NC(=S)NNC(=O)c1ccc(NC(=O)C2CC2)cc1. The number of hydrogen-bond acceptors (Lipinski definition) is 5. The van der Waals surface area contributed by atoms with Gasteiger partial charge >= 0.3 is 0 Å². The summed E-state index contributed by atoms with van der Waals surface area (Å²) in [7, 11) is 0. The molecule has 31 heavy (non-hydrogen) atoms. The molecule has 162 valence electrons. The summed E-state index contributed by atoms with van der Waals surface area (Å²) in [4.78, 5) is 36.5. The average Bonchev–Trinajstić information content (AvgIpc) is 3.58. The van der Waals surface area contributed by atoms with Crippen LogP contribution < -0.4 is 26.2 Å². The maximum absolute atomic E-state index is 12.5. The Balaban J connectivity index is 1.49. The highest BCUT2D eigenvalue weighted by molar-refractivity contribution is 7.80. The number of benzene rings is 2. The molecule has 0 unspecified atom stereocenters. The van der Waals surface area contributed by atoms with E-state index < -0.39 is 11.8 Å². The number of rotatable bonds is 6. The maximum atomic E-state index is 12.5. The zero-order valence-corrected chi connectivity index (χ0v) is 18.0. The minimum atomic E-state index is -0.459. The zero-order chi connectivity index (χ0) is 22.4. The summed E-state index contributed by atoms with van der Waals surface area (Å²) in [6.45, 7) is 3.73. The number of hydrogen-bond donors (Lipinski definition) is 4. The van der Waals surface area contributed by atoms with Crippen molar-refractivity contribution in [2.24, 2.45) is 5.92 Å². The summed E-state index contributed by atoms with van der Waals surface area (Å²) in [6, 6.07) is 13.3. The predicted octanol–water partition coefficient (Wildman–Crippen LogP) is 2.77. The van der Waals surface area contributed by atoms with Crippen LogP contribution in [0.1, 0.15) is 47.4 Å². The lowest BCUT2D eigenvalue weighted by Gasteiger charge is -2.15. The summed E-state index contributed by atoms with van der Waals surface area (Å²) in [5.41, 5.74) is 6.25. The van der Waals surface area contributed by atoms with E-state index in [1.165, 1.54) is 0 Å². The number of hydrazine groups is 1. The fourth-order valence-electron chi connectivity index (χ4n) is 2.69. The van der Waals surface area contributed by atoms with Crippen molar-refractivity contribution in [3.8, 4) is 5.75 Å². The Labute approximate surface area is 185 Å². The molecule has 0 aromatic heterocycles. The van der Waals surface area contributed by atoms with Crippen LogP contribution >= 0.6 is 12.2 Å². The highest BCUT2D eigenvalue weighted by Gasteiger charge is 2.29. The van der Waals surface area contributed by atoms with E-state index >= 15 is 0 Å². The van der Waals surface area contributed by atoms with Crippen LogP contribution in [0.25, 0.3) is 0 Å². The third-order valence-electron chi connectivity index (χ3n) is 4.37.